The van der Waals surface area contributed by atoms with Crippen molar-refractivity contribution in [3.05, 3.63) is 29.8 Å². The fourth-order valence-corrected chi connectivity index (χ4v) is 2.98. The van der Waals surface area contributed by atoms with Crippen LogP contribution < -0.4 is 10.6 Å². The van der Waals surface area contributed by atoms with Crippen LogP contribution in [0.15, 0.2) is 24.3 Å². The van der Waals surface area contributed by atoms with E-state index in [0.29, 0.717) is 18.0 Å². The lowest BCUT2D eigenvalue weighted by Crippen LogP contribution is -2.36. The van der Waals surface area contributed by atoms with Gasteiger partial charge in [-0.05, 0) is 43.5 Å². The first-order valence-electron chi connectivity index (χ1n) is 8.90. The molecule has 0 heterocycles. The fourth-order valence-electron chi connectivity index (χ4n) is 2.98. The van der Waals surface area contributed by atoms with E-state index in [1.165, 1.54) is 19.3 Å². The van der Waals surface area contributed by atoms with Crippen LogP contribution in [0.2, 0.25) is 0 Å². The van der Waals surface area contributed by atoms with Gasteiger partial charge in [0.25, 0.3) is 5.91 Å². The molecule has 0 bridgehead atoms. The van der Waals surface area contributed by atoms with Crippen LogP contribution in [0, 0.1) is 0 Å². The molecule has 1 fully saturated rings. The molecule has 0 aliphatic heterocycles. The maximum absolute atomic E-state index is 12.2. The van der Waals surface area contributed by atoms with Gasteiger partial charge < -0.3 is 10.6 Å². The summed E-state index contributed by atoms with van der Waals surface area (Å²) >= 11 is 0. The lowest BCUT2D eigenvalue weighted by atomic mass is 9.95. The molecule has 1 aromatic rings. The highest BCUT2D eigenvalue weighted by molar-refractivity contribution is 5.95. The highest BCUT2D eigenvalue weighted by Crippen LogP contribution is 2.18. The van der Waals surface area contributed by atoms with Crippen molar-refractivity contribution in [2.45, 2.75) is 70.8 Å². The van der Waals surface area contributed by atoms with E-state index in [-0.39, 0.29) is 11.8 Å². The molecule has 2 rings (SSSR count). The molecular formula is C19H28N2O2. The smallest absolute Gasteiger partial charge is 0.251 e. The van der Waals surface area contributed by atoms with Gasteiger partial charge in [0.15, 0.2) is 0 Å². The second-order valence-corrected chi connectivity index (χ2v) is 6.39. The molecule has 126 valence electrons. The summed E-state index contributed by atoms with van der Waals surface area (Å²) in [7, 11) is 0. The van der Waals surface area contributed by atoms with E-state index >= 15 is 0 Å². The van der Waals surface area contributed by atoms with Crippen LogP contribution in [0.1, 0.15) is 75.1 Å². The van der Waals surface area contributed by atoms with Crippen molar-refractivity contribution in [1.29, 1.82) is 0 Å². The summed E-state index contributed by atoms with van der Waals surface area (Å²) in [5, 5.41) is 5.98. The molecule has 1 aromatic carbocycles. The standard InChI is InChI=1S/C19H28N2O2/c1-2-3-5-10-18(22)20-17-13-11-15(12-14-17)19(23)21-16-8-6-4-7-9-16/h11-14,16H,2-10H2,1H3,(H,20,22)(H,21,23). The molecule has 0 saturated heterocycles. The first-order chi connectivity index (χ1) is 11.2. The molecule has 2 amide bonds. The van der Waals surface area contributed by atoms with E-state index in [9.17, 15) is 9.59 Å². The minimum absolute atomic E-state index is 0.0160. The molecule has 4 heteroatoms. The predicted octanol–water partition coefficient (Wildman–Crippen LogP) is 4.27. The molecule has 2 N–H and O–H groups in total. The van der Waals surface area contributed by atoms with Gasteiger partial charge in [-0.1, -0.05) is 39.0 Å². The Morgan fingerprint density at radius 3 is 2.39 bits per heavy atom. The quantitative estimate of drug-likeness (QED) is 0.738. The monoisotopic (exact) mass is 316 g/mol. The number of rotatable bonds is 7. The van der Waals surface area contributed by atoms with E-state index in [4.69, 9.17) is 0 Å². The maximum Gasteiger partial charge on any atom is 0.251 e. The molecule has 4 nitrogen and oxygen atoms in total. The molecule has 0 spiro atoms. The van der Waals surface area contributed by atoms with Crippen LogP contribution >= 0.6 is 0 Å². The number of hydrogen-bond acceptors (Lipinski definition) is 2. The average molecular weight is 316 g/mol. The predicted molar refractivity (Wildman–Crippen MR) is 93.6 cm³/mol. The third-order valence-corrected chi connectivity index (χ3v) is 4.38. The lowest BCUT2D eigenvalue weighted by Gasteiger charge is -2.22. The third kappa shape index (κ3) is 6.05. The summed E-state index contributed by atoms with van der Waals surface area (Å²) in [4.78, 5) is 24.0. The number of unbranched alkanes of at least 4 members (excludes halogenated alkanes) is 2. The summed E-state index contributed by atoms with van der Waals surface area (Å²) in [6.45, 7) is 2.12. The van der Waals surface area contributed by atoms with Crippen molar-refractivity contribution in [3.63, 3.8) is 0 Å². The van der Waals surface area contributed by atoms with Gasteiger partial charge in [0, 0.05) is 23.7 Å². The molecule has 0 atom stereocenters. The summed E-state index contributed by atoms with van der Waals surface area (Å²) in [5.74, 6) is 0.0237. The zero-order valence-electron chi connectivity index (χ0n) is 14.1. The number of carbonyl (C=O) groups excluding carboxylic acids is 2. The summed E-state index contributed by atoms with van der Waals surface area (Å²) < 4.78 is 0. The van der Waals surface area contributed by atoms with Crippen molar-refractivity contribution in [1.82, 2.24) is 5.32 Å². The molecule has 0 unspecified atom stereocenters. The van der Waals surface area contributed by atoms with E-state index in [1.807, 2.05) is 0 Å². The van der Waals surface area contributed by atoms with E-state index in [1.54, 1.807) is 24.3 Å². The number of nitrogens with one attached hydrogen (secondary N) is 2. The molecule has 0 aromatic heterocycles. The Balaban J connectivity index is 1.81. The number of anilines is 1. The molecule has 0 radical (unpaired) electrons. The average Bonchev–Trinajstić information content (AvgIpc) is 2.56. The Labute approximate surface area is 139 Å². The first-order valence-corrected chi connectivity index (χ1v) is 8.90. The van der Waals surface area contributed by atoms with Gasteiger partial charge in [0.2, 0.25) is 5.91 Å². The zero-order chi connectivity index (χ0) is 16.5. The SMILES string of the molecule is CCCCCC(=O)Nc1ccc(C(=O)NC2CCCCC2)cc1. The van der Waals surface area contributed by atoms with Crippen molar-refractivity contribution in [2.24, 2.45) is 0 Å². The van der Waals surface area contributed by atoms with Crippen LogP contribution in [-0.2, 0) is 4.79 Å². The van der Waals surface area contributed by atoms with Gasteiger partial charge in [-0.2, -0.15) is 0 Å². The highest BCUT2D eigenvalue weighted by Gasteiger charge is 2.16. The van der Waals surface area contributed by atoms with Crippen LogP contribution in [0.4, 0.5) is 5.69 Å². The second-order valence-electron chi connectivity index (χ2n) is 6.39. The molecule has 1 saturated carbocycles. The summed E-state index contributed by atoms with van der Waals surface area (Å²) in [6, 6.07) is 7.47. The fraction of sp³-hybridized carbons (Fsp3) is 0.579. The van der Waals surface area contributed by atoms with Crippen LogP contribution in [0.3, 0.4) is 0 Å². The van der Waals surface area contributed by atoms with Gasteiger partial charge in [0.1, 0.15) is 0 Å². The summed E-state index contributed by atoms with van der Waals surface area (Å²) in [5.41, 5.74) is 1.40. The van der Waals surface area contributed by atoms with Crippen molar-refractivity contribution < 1.29 is 9.59 Å². The van der Waals surface area contributed by atoms with Gasteiger partial charge in [-0.3, -0.25) is 9.59 Å². The summed E-state index contributed by atoms with van der Waals surface area (Å²) in [6.07, 6.45) is 9.50. The van der Waals surface area contributed by atoms with Crippen molar-refractivity contribution in [3.8, 4) is 0 Å². The largest absolute Gasteiger partial charge is 0.349 e. The number of benzene rings is 1. The Kier molecular flexibility index (Phi) is 7.11. The van der Waals surface area contributed by atoms with Crippen molar-refractivity contribution >= 4 is 17.5 Å². The van der Waals surface area contributed by atoms with Gasteiger partial charge in [-0.25, -0.2) is 0 Å². The van der Waals surface area contributed by atoms with Gasteiger partial charge >= 0.3 is 0 Å². The maximum atomic E-state index is 12.2. The van der Waals surface area contributed by atoms with Crippen LogP contribution in [0.25, 0.3) is 0 Å². The minimum atomic E-state index is -0.0160. The van der Waals surface area contributed by atoms with Gasteiger partial charge in [-0.15, -0.1) is 0 Å². The molecule has 1 aliphatic carbocycles. The number of amides is 2. The lowest BCUT2D eigenvalue weighted by molar-refractivity contribution is -0.116. The highest BCUT2D eigenvalue weighted by atomic mass is 16.2. The Morgan fingerprint density at radius 1 is 1.04 bits per heavy atom. The topological polar surface area (TPSA) is 58.2 Å². The number of hydrogen-bond donors (Lipinski definition) is 2. The Bertz CT molecular complexity index is 505. The van der Waals surface area contributed by atoms with Crippen LogP contribution in [-0.4, -0.2) is 17.9 Å². The minimum Gasteiger partial charge on any atom is -0.349 e. The van der Waals surface area contributed by atoms with E-state index in [2.05, 4.69) is 17.6 Å². The zero-order valence-corrected chi connectivity index (χ0v) is 14.1. The second kappa shape index (κ2) is 9.33. The molecule has 1 aliphatic rings. The first kappa shape index (κ1) is 17.5. The Morgan fingerprint density at radius 2 is 1.74 bits per heavy atom. The third-order valence-electron chi connectivity index (χ3n) is 4.38. The van der Waals surface area contributed by atoms with Crippen molar-refractivity contribution in [2.75, 3.05) is 5.32 Å². The van der Waals surface area contributed by atoms with Crippen LogP contribution in [0.5, 0.6) is 0 Å². The van der Waals surface area contributed by atoms with Gasteiger partial charge in [0.05, 0.1) is 0 Å². The number of carbonyl (C=O) groups is 2. The van der Waals surface area contributed by atoms with E-state index in [0.717, 1.165) is 37.8 Å². The normalized spacial score (nSPS) is 15.2. The Hall–Kier alpha value is -1.84. The van der Waals surface area contributed by atoms with E-state index < -0.39 is 0 Å². The molecular weight excluding hydrogens is 288 g/mol. The molecule has 23 heavy (non-hydrogen) atoms.